The van der Waals surface area contributed by atoms with E-state index in [9.17, 15) is 14.4 Å². The van der Waals surface area contributed by atoms with Crippen LogP contribution in [0.25, 0.3) is 10.9 Å². The summed E-state index contributed by atoms with van der Waals surface area (Å²) in [6.45, 7) is 4.18. The number of benzene rings is 1. The average Bonchev–Trinajstić information content (AvgIpc) is 3.46. The van der Waals surface area contributed by atoms with Crippen molar-refractivity contribution in [3.63, 3.8) is 0 Å². The van der Waals surface area contributed by atoms with Crippen molar-refractivity contribution in [3.8, 4) is 0 Å². The molecule has 5 rings (SSSR count). The number of imide groups is 1. The van der Waals surface area contributed by atoms with Crippen LogP contribution in [-0.4, -0.2) is 70.5 Å². The van der Waals surface area contributed by atoms with Gasteiger partial charge < -0.3 is 15.0 Å². The molecule has 3 saturated heterocycles. The largest absolute Gasteiger partial charge is 0.376 e. The molecule has 1 aromatic carbocycles. The van der Waals surface area contributed by atoms with Crippen molar-refractivity contribution in [1.29, 1.82) is 0 Å². The van der Waals surface area contributed by atoms with Gasteiger partial charge in [-0.3, -0.25) is 19.5 Å². The fourth-order valence-corrected chi connectivity index (χ4v) is 5.81. The molecule has 180 valence electrons. The minimum absolute atomic E-state index is 0.00301. The lowest BCUT2D eigenvalue weighted by Crippen LogP contribution is -2.56. The molecular formula is C26H32N4O4. The van der Waals surface area contributed by atoms with Crippen LogP contribution in [0.3, 0.4) is 0 Å². The van der Waals surface area contributed by atoms with Gasteiger partial charge in [0.25, 0.3) is 11.8 Å². The number of fused-ring (bicyclic) bond motifs is 1. The molecule has 3 aliphatic heterocycles. The van der Waals surface area contributed by atoms with Crippen LogP contribution in [0.5, 0.6) is 0 Å². The predicted octanol–water partition coefficient (Wildman–Crippen LogP) is 3.36. The molecule has 4 amide bonds. The summed E-state index contributed by atoms with van der Waals surface area (Å²) in [5, 5.41) is 4.02. The summed E-state index contributed by atoms with van der Waals surface area (Å²) >= 11 is 0. The van der Waals surface area contributed by atoms with Gasteiger partial charge in [-0.1, -0.05) is 19.4 Å². The molecule has 0 unspecified atom stereocenters. The Morgan fingerprint density at radius 2 is 2.03 bits per heavy atom. The third kappa shape index (κ3) is 4.04. The Morgan fingerprint density at radius 1 is 1.21 bits per heavy atom. The van der Waals surface area contributed by atoms with Gasteiger partial charge in [0.1, 0.15) is 5.54 Å². The molecule has 2 atom stereocenters. The van der Waals surface area contributed by atoms with Crippen LogP contribution >= 0.6 is 0 Å². The van der Waals surface area contributed by atoms with E-state index < -0.39 is 5.54 Å². The summed E-state index contributed by atoms with van der Waals surface area (Å²) in [5.74, 6) is -0.125. The zero-order valence-corrected chi connectivity index (χ0v) is 19.7. The second-order valence-electron chi connectivity index (χ2n) is 9.68. The van der Waals surface area contributed by atoms with Crippen LogP contribution in [0.4, 0.5) is 4.79 Å². The molecule has 1 N–H and O–H groups in total. The van der Waals surface area contributed by atoms with Crippen LogP contribution in [0.2, 0.25) is 0 Å². The van der Waals surface area contributed by atoms with Gasteiger partial charge in [0.05, 0.1) is 18.2 Å². The number of amides is 4. The molecule has 0 radical (unpaired) electrons. The molecular weight excluding hydrogens is 432 g/mol. The number of hydrogen-bond acceptors (Lipinski definition) is 5. The van der Waals surface area contributed by atoms with Crippen molar-refractivity contribution >= 4 is 28.7 Å². The summed E-state index contributed by atoms with van der Waals surface area (Å²) in [6, 6.07) is 9.10. The third-order valence-electron chi connectivity index (χ3n) is 7.59. The number of rotatable bonds is 6. The zero-order valence-electron chi connectivity index (χ0n) is 19.7. The molecule has 0 saturated carbocycles. The number of pyridine rings is 1. The van der Waals surface area contributed by atoms with E-state index in [0.717, 1.165) is 30.2 Å². The average molecular weight is 465 g/mol. The molecule has 0 aliphatic carbocycles. The summed E-state index contributed by atoms with van der Waals surface area (Å²) in [4.78, 5) is 47.2. The van der Waals surface area contributed by atoms with Crippen molar-refractivity contribution in [2.45, 2.75) is 57.1 Å². The van der Waals surface area contributed by atoms with Gasteiger partial charge in [0, 0.05) is 36.8 Å². The number of urea groups is 1. The van der Waals surface area contributed by atoms with Gasteiger partial charge in [-0.15, -0.1) is 0 Å². The third-order valence-corrected chi connectivity index (χ3v) is 7.59. The molecule has 3 aliphatic rings. The number of carbonyl (C=O) groups is 3. The van der Waals surface area contributed by atoms with Crippen LogP contribution < -0.4 is 5.32 Å². The maximum atomic E-state index is 13.6. The first-order valence-corrected chi connectivity index (χ1v) is 12.4. The maximum Gasteiger partial charge on any atom is 0.325 e. The number of carbonyl (C=O) groups excluding carboxylic acids is 3. The van der Waals surface area contributed by atoms with Crippen molar-refractivity contribution in [1.82, 2.24) is 20.1 Å². The highest BCUT2D eigenvalue weighted by Gasteiger charge is 2.55. The molecule has 8 heteroatoms. The number of likely N-dealkylation sites (tertiary alicyclic amines) is 1. The van der Waals surface area contributed by atoms with E-state index >= 15 is 0 Å². The minimum Gasteiger partial charge on any atom is -0.376 e. The Kier molecular flexibility index (Phi) is 6.25. The van der Waals surface area contributed by atoms with Crippen LogP contribution in [-0.2, 0) is 9.53 Å². The maximum absolute atomic E-state index is 13.6. The fourth-order valence-electron chi connectivity index (χ4n) is 5.81. The van der Waals surface area contributed by atoms with Crippen LogP contribution in [0, 0.1) is 5.92 Å². The van der Waals surface area contributed by atoms with E-state index in [1.54, 1.807) is 6.20 Å². The fraction of sp³-hybridized carbons (Fsp3) is 0.538. The lowest BCUT2D eigenvalue weighted by Gasteiger charge is -2.41. The van der Waals surface area contributed by atoms with E-state index in [0.29, 0.717) is 51.1 Å². The molecule has 3 fully saturated rings. The number of nitrogens with one attached hydrogen (secondary N) is 1. The molecule has 8 nitrogen and oxygen atoms in total. The standard InChI is InChI=1S/C26H32N4O4/c1-2-11-26(24(32)30(25(33)28-26)17-21-6-4-15-34-21)20-9-13-29(14-10-20)23(31)19-7-8-22-18(16-19)5-3-12-27-22/h3,5,7-8,12,16,20-21H,2,4,6,9-11,13-15,17H2,1H3,(H,28,33)/t21-,26+/m0/s1. The molecule has 2 aromatic rings. The number of ether oxygens (including phenoxy) is 1. The Bertz CT molecular complexity index is 1090. The number of hydrogen-bond donors (Lipinski definition) is 1. The van der Waals surface area contributed by atoms with Gasteiger partial charge >= 0.3 is 6.03 Å². The van der Waals surface area contributed by atoms with Crippen molar-refractivity contribution in [2.75, 3.05) is 26.2 Å². The van der Waals surface area contributed by atoms with Gasteiger partial charge in [-0.25, -0.2) is 4.79 Å². The van der Waals surface area contributed by atoms with Crippen molar-refractivity contribution in [3.05, 3.63) is 42.1 Å². The van der Waals surface area contributed by atoms with E-state index in [2.05, 4.69) is 10.3 Å². The highest BCUT2D eigenvalue weighted by Crippen LogP contribution is 2.38. The highest BCUT2D eigenvalue weighted by atomic mass is 16.5. The van der Waals surface area contributed by atoms with E-state index in [-0.39, 0.29) is 29.9 Å². The monoisotopic (exact) mass is 464 g/mol. The van der Waals surface area contributed by atoms with E-state index in [1.165, 1.54) is 4.90 Å². The first-order chi connectivity index (χ1) is 16.5. The molecule has 0 spiro atoms. The number of nitrogens with zero attached hydrogens (tertiary/aromatic N) is 3. The van der Waals surface area contributed by atoms with Crippen LogP contribution in [0.15, 0.2) is 36.5 Å². The summed E-state index contributed by atoms with van der Waals surface area (Å²) in [7, 11) is 0. The van der Waals surface area contributed by atoms with Crippen molar-refractivity contribution in [2.24, 2.45) is 5.92 Å². The first-order valence-electron chi connectivity index (χ1n) is 12.4. The van der Waals surface area contributed by atoms with Gasteiger partial charge in [0.15, 0.2) is 0 Å². The normalized spacial score (nSPS) is 25.9. The Balaban J connectivity index is 1.28. The zero-order chi connectivity index (χ0) is 23.7. The van der Waals surface area contributed by atoms with Gasteiger partial charge in [-0.2, -0.15) is 0 Å². The molecule has 34 heavy (non-hydrogen) atoms. The SMILES string of the molecule is CCC[C@]1(C2CCN(C(=O)c3ccc4ncccc4c3)CC2)NC(=O)N(C[C@@H]2CCCO2)C1=O. The van der Waals surface area contributed by atoms with Gasteiger partial charge in [0.2, 0.25) is 0 Å². The number of aromatic nitrogens is 1. The first kappa shape index (κ1) is 22.8. The molecule has 0 bridgehead atoms. The Hall–Kier alpha value is -3.00. The quantitative estimate of drug-likeness (QED) is 0.662. The molecule has 1 aromatic heterocycles. The van der Waals surface area contributed by atoms with E-state index in [1.807, 2.05) is 42.2 Å². The summed E-state index contributed by atoms with van der Waals surface area (Å²) in [5.41, 5.74) is 0.631. The molecule has 4 heterocycles. The Morgan fingerprint density at radius 3 is 2.76 bits per heavy atom. The number of piperidine rings is 1. The summed E-state index contributed by atoms with van der Waals surface area (Å²) in [6.07, 6.45) is 6.29. The van der Waals surface area contributed by atoms with Crippen molar-refractivity contribution < 1.29 is 19.1 Å². The predicted molar refractivity (Wildman–Crippen MR) is 127 cm³/mol. The smallest absolute Gasteiger partial charge is 0.325 e. The van der Waals surface area contributed by atoms with Crippen LogP contribution in [0.1, 0.15) is 55.8 Å². The van der Waals surface area contributed by atoms with Gasteiger partial charge in [-0.05, 0) is 62.3 Å². The lowest BCUT2D eigenvalue weighted by atomic mass is 9.74. The highest BCUT2D eigenvalue weighted by molar-refractivity contribution is 6.07. The second-order valence-corrected chi connectivity index (χ2v) is 9.68. The summed E-state index contributed by atoms with van der Waals surface area (Å²) < 4.78 is 5.67. The Labute approximate surface area is 199 Å². The second kappa shape index (κ2) is 9.33. The topological polar surface area (TPSA) is 91.8 Å². The van der Waals surface area contributed by atoms with E-state index in [4.69, 9.17) is 4.74 Å². The minimum atomic E-state index is -0.881. The lowest BCUT2D eigenvalue weighted by molar-refractivity contribution is -0.135.